The summed E-state index contributed by atoms with van der Waals surface area (Å²) in [4.78, 5) is 15.4. The van der Waals surface area contributed by atoms with E-state index in [-0.39, 0.29) is 37.3 Å². The third-order valence-electron chi connectivity index (χ3n) is 5.43. The summed E-state index contributed by atoms with van der Waals surface area (Å²) in [5, 5.41) is 6.81. The number of benzene rings is 2. The number of carbonyl (C=O) groups is 1. The molecule has 1 aliphatic rings. The lowest BCUT2D eigenvalue weighted by Gasteiger charge is -2.24. The Morgan fingerprint density at radius 2 is 2.03 bits per heavy atom. The molecule has 1 aliphatic heterocycles. The third-order valence-corrected chi connectivity index (χ3v) is 6.21. The van der Waals surface area contributed by atoms with Gasteiger partial charge in [0, 0.05) is 28.1 Å². The molecule has 1 N–H and O–H groups in total. The van der Waals surface area contributed by atoms with Gasteiger partial charge in [0.1, 0.15) is 5.82 Å². The summed E-state index contributed by atoms with van der Waals surface area (Å²) < 4.78 is 42.0. The highest BCUT2D eigenvalue weighted by molar-refractivity contribution is 7.85. The Kier molecular flexibility index (Phi) is 7.40. The zero-order valence-electron chi connectivity index (χ0n) is 17.3. The number of rotatable bonds is 9. The number of azide groups is 1. The fourth-order valence-electron chi connectivity index (χ4n) is 3.84. The van der Waals surface area contributed by atoms with Crippen molar-refractivity contribution in [1.82, 2.24) is 5.32 Å². The molecule has 11 heteroatoms. The van der Waals surface area contributed by atoms with Crippen LogP contribution < -0.4 is 5.32 Å². The summed E-state index contributed by atoms with van der Waals surface area (Å²) in [5.41, 5.74) is 9.41. The molecule has 1 heterocycles. The van der Waals surface area contributed by atoms with Crippen LogP contribution >= 0.6 is 11.6 Å². The Balaban J connectivity index is 1.74. The van der Waals surface area contributed by atoms with Crippen LogP contribution in [0.25, 0.3) is 21.6 Å². The first kappa shape index (κ1) is 24.0. The van der Waals surface area contributed by atoms with E-state index in [1.54, 1.807) is 18.2 Å². The largest absolute Gasteiger partial charge is 0.352 e. The molecule has 2 aromatic carbocycles. The van der Waals surface area contributed by atoms with Crippen molar-refractivity contribution >= 4 is 27.6 Å². The van der Waals surface area contributed by atoms with Gasteiger partial charge in [-0.1, -0.05) is 41.0 Å². The van der Waals surface area contributed by atoms with E-state index in [1.807, 2.05) is 12.1 Å². The van der Waals surface area contributed by atoms with Gasteiger partial charge in [0.25, 0.3) is 10.1 Å². The van der Waals surface area contributed by atoms with E-state index in [1.165, 1.54) is 12.1 Å². The molecular formula is C21H22ClFN4O4S. The predicted molar refractivity (Wildman–Crippen MR) is 119 cm³/mol. The maximum absolute atomic E-state index is 14.1. The molecule has 1 unspecified atom stereocenters. The molecule has 2 aromatic rings. The smallest absolute Gasteiger partial charge is 0.264 e. The van der Waals surface area contributed by atoms with Crippen molar-refractivity contribution in [3.63, 3.8) is 0 Å². The van der Waals surface area contributed by atoms with Gasteiger partial charge >= 0.3 is 0 Å². The van der Waals surface area contributed by atoms with Crippen molar-refractivity contribution in [3.05, 3.63) is 69.3 Å². The first-order valence-electron chi connectivity index (χ1n) is 9.82. The Hall–Kier alpha value is -2.65. The SMILES string of the molecule is CS(=O)(=O)OCC1(CCN=[N+]=[N-])C[C@@H](Cc2ccc(-c3cc(Cl)ccc3F)cc2)NC1=O. The minimum Gasteiger partial charge on any atom is -0.352 e. The summed E-state index contributed by atoms with van der Waals surface area (Å²) in [6, 6.07) is 11.3. The van der Waals surface area contributed by atoms with Crippen molar-refractivity contribution in [2.75, 3.05) is 19.4 Å². The normalized spacial score (nSPS) is 20.6. The van der Waals surface area contributed by atoms with Crippen LogP contribution in [0.4, 0.5) is 4.39 Å². The van der Waals surface area contributed by atoms with Crippen LogP contribution in [0, 0.1) is 11.2 Å². The Labute approximate surface area is 190 Å². The minimum absolute atomic E-state index is 0.0453. The second-order valence-corrected chi connectivity index (χ2v) is 9.93. The van der Waals surface area contributed by atoms with Crippen molar-refractivity contribution < 1.29 is 21.8 Å². The van der Waals surface area contributed by atoms with Crippen LogP contribution in [0.2, 0.25) is 5.02 Å². The molecule has 170 valence electrons. The van der Waals surface area contributed by atoms with E-state index < -0.39 is 15.5 Å². The molecular weight excluding hydrogens is 459 g/mol. The number of nitrogens with one attached hydrogen (secondary N) is 1. The van der Waals surface area contributed by atoms with Crippen molar-refractivity contribution in [3.8, 4) is 11.1 Å². The number of nitrogens with zero attached hydrogens (tertiary/aromatic N) is 3. The summed E-state index contributed by atoms with van der Waals surface area (Å²) in [5.74, 6) is -0.710. The van der Waals surface area contributed by atoms with E-state index in [9.17, 15) is 17.6 Å². The minimum atomic E-state index is -3.74. The van der Waals surface area contributed by atoms with Gasteiger partial charge in [0.15, 0.2) is 0 Å². The fourth-order valence-corrected chi connectivity index (χ4v) is 4.45. The van der Waals surface area contributed by atoms with Crippen LogP contribution in [0.1, 0.15) is 18.4 Å². The van der Waals surface area contributed by atoms with Gasteiger partial charge in [-0.15, -0.1) is 0 Å². The van der Waals surface area contributed by atoms with E-state index in [4.69, 9.17) is 21.3 Å². The molecule has 0 saturated carbocycles. The zero-order chi connectivity index (χ0) is 23.4. The number of carbonyl (C=O) groups excluding carboxylic acids is 1. The molecule has 0 bridgehead atoms. The van der Waals surface area contributed by atoms with Gasteiger partial charge in [-0.25, -0.2) is 4.39 Å². The van der Waals surface area contributed by atoms with Crippen LogP contribution in [0.5, 0.6) is 0 Å². The van der Waals surface area contributed by atoms with Gasteiger partial charge < -0.3 is 5.32 Å². The summed E-state index contributed by atoms with van der Waals surface area (Å²) in [6.07, 6.45) is 1.91. The first-order valence-corrected chi connectivity index (χ1v) is 12.0. The van der Waals surface area contributed by atoms with Gasteiger partial charge in [-0.3, -0.25) is 8.98 Å². The van der Waals surface area contributed by atoms with Crippen molar-refractivity contribution in [2.24, 2.45) is 10.5 Å². The summed E-state index contributed by atoms with van der Waals surface area (Å²) >= 11 is 5.97. The monoisotopic (exact) mass is 480 g/mol. The van der Waals surface area contributed by atoms with E-state index in [0.29, 0.717) is 29.0 Å². The molecule has 1 fully saturated rings. The maximum Gasteiger partial charge on any atom is 0.264 e. The van der Waals surface area contributed by atoms with E-state index in [0.717, 1.165) is 11.8 Å². The highest BCUT2D eigenvalue weighted by Gasteiger charge is 2.47. The summed E-state index contributed by atoms with van der Waals surface area (Å²) in [7, 11) is -3.74. The van der Waals surface area contributed by atoms with Crippen LogP contribution in [-0.4, -0.2) is 39.8 Å². The maximum atomic E-state index is 14.1. The highest BCUT2D eigenvalue weighted by atomic mass is 35.5. The topological polar surface area (TPSA) is 121 Å². The van der Waals surface area contributed by atoms with E-state index >= 15 is 0 Å². The average Bonchev–Trinajstić information content (AvgIpc) is 3.04. The molecule has 2 atom stereocenters. The zero-order valence-corrected chi connectivity index (χ0v) is 18.9. The molecule has 32 heavy (non-hydrogen) atoms. The Morgan fingerprint density at radius 1 is 1.31 bits per heavy atom. The van der Waals surface area contributed by atoms with Crippen molar-refractivity contribution in [1.29, 1.82) is 0 Å². The second kappa shape index (κ2) is 9.87. The number of hydrogen-bond donors (Lipinski definition) is 1. The Bertz CT molecular complexity index is 1150. The lowest BCUT2D eigenvalue weighted by molar-refractivity contribution is -0.129. The molecule has 0 radical (unpaired) electrons. The molecule has 3 rings (SSSR count). The third kappa shape index (κ3) is 5.98. The average molecular weight is 481 g/mol. The molecule has 0 spiro atoms. The summed E-state index contributed by atoms with van der Waals surface area (Å²) in [6.45, 7) is -0.272. The second-order valence-electron chi connectivity index (χ2n) is 7.85. The standard InChI is InChI=1S/C21H22ClFN4O4S/c1-32(29,30)31-13-21(8-9-25-27-24)12-17(26-20(21)28)10-14-2-4-15(5-3-14)18-11-16(22)6-7-19(18)23/h2-7,11,17H,8-10,12-13H2,1H3,(H,26,28)/t17-,21?/m1/s1. The van der Waals surface area contributed by atoms with Crippen LogP contribution in [-0.2, 0) is 25.5 Å². The number of amides is 1. The van der Waals surface area contributed by atoms with Crippen LogP contribution in [0.3, 0.4) is 0 Å². The van der Waals surface area contributed by atoms with Gasteiger partial charge in [0.05, 0.1) is 18.3 Å². The highest BCUT2D eigenvalue weighted by Crippen LogP contribution is 2.36. The Morgan fingerprint density at radius 3 is 2.69 bits per heavy atom. The van der Waals surface area contributed by atoms with Crippen LogP contribution in [0.15, 0.2) is 47.6 Å². The first-order chi connectivity index (χ1) is 15.1. The number of halogens is 2. The van der Waals surface area contributed by atoms with Gasteiger partial charge in [0.2, 0.25) is 5.91 Å². The molecule has 1 amide bonds. The van der Waals surface area contributed by atoms with Crippen molar-refractivity contribution in [2.45, 2.75) is 25.3 Å². The molecule has 0 aromatic heterocycles. The molecule has 1 saturated heterocycles. The lowest BCUT2D eigenvalue weighted by atomic mass is 9.81. The quantitative estimate of drug-likeness (QED) is 0.249. The van der Waals surface area contributed by atoms with Gasteiger partial charge in [-0.05, 0) is 54.1 Å². The van der Waals surface area contributed by atoms with E-state index in [2.05, 4.69) is 15.3 Å². The van der Waals surface area contributed by atoms with Gasteiger partial charge in [-0.2, -0.15) is 8.42 Å². The fraction of sp³-hybridized carbons (Fsp3) is 0.381. The molecule has 8 nitrogen and oxygen atoms in total. The predicted octanol–water partition coefficient (Wildman–Crippen LogP) is 4.24. The lowest BCUT2D eigenvalue weighted by Crippen LogP contribution is -2.37. The number of hydrogen-bond acceptors (Lipinski definition) is 5. The molecule has 0 aliphatic carbocycles.